The van der Waals surface area contributed by atoms with E-state index in [-0.39, 0.29) is 0 Å². The zero-order chi connectivity index (χ0) is 8.55. The van der Waals surface area contributed by atoms with Crippen LogP contribution >= 0.6 is 0 Å². The van der Waals surface area contributed by atoms with Crippen molar-refractivity contribution < 1.29 is 0 Å². The number of dihydropyridines is 1. The minimum Gasteiger partial charge on any atom is -0.372 e. The monoisotopic (exact) mass is 164 g/mol. The van der Waals surface area contributed by atoms with Gasteiger partial charge in [0.2, 0.25) is 0 Å². The molecule has 0 aromatic rings. The molecule has 2 aliphatic heterocycles. The summed E-state index contributed by atoms with van der Waals surface area (Å²) in [5.74, 6) is 0. The molecule has 0 aliphatic carbocycles. The van der Waals surface area contributed by atoms with Crippen molar-refractivity contribution in [3.8, 4) is 0 Å². The van der Waals surface area contributed by atoms with Gasteiger partial charge in [-0.3, -0.25) is 4.90 Å². The van der Waals surface area contributed by atoms with Crippen LogP contribution in [0.15, 0.2) is 23.4 Å². The molecule has 0 spiro atoms. The van der Waals surface area contributed by atoms with E-state index in [9.17, 15) is 0 Å². The molecule has 2 rings (SSSR count). The first kappa shape index (κ1) is 7.87. The molecule has 0 amide bonds. The molecule has 1 fully saturated rings. The molecular formula is C10H16N2. The van der Waals surface area contributed by atoms with Crippen LogP contribution in [0.2, 0.25) is 0 Å². The Balaban J connectivity index is 2.20. The van der Waals surface area contributed by atoms with Gasteiger partial charge in [0, 0.05) is 12.7 Å². The number of fused-ring (bicyclic) bond motifs is 1. The molecule has 1 saturated heterocycles. The standard InChI is InChI=1S/C10H16N2/c1-8-6-9-4-3-5-12(2)10(9)11-7-8/h6-7,10-11H,3-5H2,1-2H3. The van der Waals surface area contributed by atoms with Gasteiger partial charge in [0.05, 0.1) is 0 Å². The van der Waals surface area contributed by atoms with Gasteiger partial charge < -0.3 is 5.32 Å². The Morgan fingerprint density at radius 1 is 1.58 bits per heavy atom. The average Bonchev–Trinajstić information content (AvgIpc) is 2.04. The molecule has 0 radical (unpaired) electrons. The number of nitrogens with zero attached hydrogens (tertiary/aromatic N) is 1. The second-order valence-electron chi connectivity index (χ2n) is 3.76. The van der Waals surface area contributed by atoms with Crippen LogP contribution in [0.1, 0.15) is 19.8 Å². The van der Waals surface area contributed by atoms with E-state index >= 15 is 0 Å². The van der Waals surface area contributed by atoms with Crippen LogP contribution < -0.4 is 5.32 Å². The Morgan fingerprint density at radius 3 is 3.25 bits per heavy atom. The van der Waals surface area contributed by atoms with Crippen LogP contribution in [0.25, 0.3) is 0 Å². The van der Waals surface area contributed by atoms with Crippen LogP contribution in [0.4, 0.5) is 0 Å². The molecule has 66 valence electrons. The molecular weight excluding hydrogens is 148 g/mol. The fourth-order valence-electron chi connectivity index (χ4n) is 2.01. The van der Waals surface area contributed by atoms with Crippen molar-refractivity contribution in [3.63, 3.8) is 0 Å². The van der Waals surface area contributed by atoms with E-state index in [1.807, 2.05) is 0 Å². The second-order valence-corrected chi connectivity index (χ2v) is 3.76. The summed E-state index contributed by atoms with van der Waals surface area (Å²) in [4.78, 5) is 2.37. The molecule has 1 atom stereocenters. The first-order chi connectivity index (χ1) is 5.77. The number of rotatable bonds is 0. The number of likely N-dealkylation sites (tertiary alicyclic amines) is 1. The minimum atomic E-state index is 0.474. The highest BCUT2D eigenvalue weighted by atomic mass is 15.3. The Bertz CT molecular complexity index is 240. The van der Waals surface area contributed by atoms with Crippen LogP contribution in [0.3, 0.4) is 0 Å². The fourth-order valence-corrected chi connectivity index (χ4v) is 2.01. The van der Waals surface area contributed by atoms with E-state index in [0.29, 0.717) is 6.17 Å². The summed E-state index contributed by atoms with van der Waals surface area (Å²) in [5.41, 5.74) is 2.89. The molecule has 2 nitrogen and oxygen atoms in total. The van der Waals surface area contributed by atoms with Crippen molar-refractivity contribution in [2.45, 2.75) is 25.9 Å². The number of nitrogens with one attached hydrogen (secondary N) is 1. The van der Waals surface area contributed by atoms with Crippen LogP contribution in [0.5, 0.6) is 0 Å². The topological polar surface area (TPSA) is 15.3 Å². The molecule has 12 heavy (non-hydrogen) atoms. The van der Waals surface area contributed by atoms with Gasteiger partial charge in [-0.2, -0.15) is 0 Å². The summed E-state index contributed by atoms with van der Waals surface area (Å²) in [7, 11) is 2.18. The highest BCUT2D eigenvalue weighted by Crippen LogP contribution is 2.23. The predicted molar refractivity (Wildman–Crippen MR) is 50.6 cm³/mol. The van der Waals surface area contributed by atoms with E-state index in [0.717, 1.165) is 0 Å². The van der Waals surface area contributed by atoms with E-state index in [2.05, 4.69) is 36.5 Å². The van der Waals surface area contributed by atoms with Crippen molar-refractivity contribution in [1.82, 2.24) is 10.2 Å². The normalized spacial score (nSPS) is 30.0. The lowest BCUT2D eigenvalue weighted by Gasteiger charge is -2.37. The number of hydrogen-bond acceptors (Lipinski definition) is 2. The quantitative estimate of drug-likeness (QED) is 0.583. The Hall–Kier alpha value is -0.760. The van der Waals surface area contributed by atoms with Crippen LogP contribution in [-0.2, 0) is 0 Å². The SMILES string of the molecule is CC1=CNC2C(=C1)CCCN2C. The number of likely N-dealkylation sites (N-methyl/N-ethyl adjacent to an activating group) is 1. The molecule has 2 aliphatic rings. The Labute approximate surface area is 73.9 Å². The van der Waals surface area contributed by atoms with Gasteiger partial charge in [-0.05, 0) is 38.0 Å². The highest BCUT2D eigenvalue weighted by molar-refractivity contribution is 5.30. The summed E-state index contributed by atoms with van der Waals surface area (Å²) in [5, 5.41) is 3.42. The minimum absolute atomic E-state index is 0.474. The lowest BCUT2D eigenvalue weighted by molar-refractivity contribution is 0.214. The van der Waals surface area contributed by atoms with Gasteiger partial charge in [-0.15, -0.1) is 0 Å². The summed E-state index contributed by atoms with van der Waals surface area (Å²) >= 11 is 0. The molecule has 1 unspecified atom stereocenters. The third kappa shape index (κ3) is 1.27. The first-order valence-electron chi connectivity index (χ1n) is 4.61. The van der Waals surface area contributed by atoms with E-state index in [1.165, 1.54) is 25.0 Å². The van der Waals surface area contributed by atoms with Crippen molar-refractivity contribution in [2.24, 2.45) is 0 Å². The number of piperidine rings is 1. The van der Waals surface area contributed by atoms with Gasteiger partial charge >= 0.3 is 0 Å². The highest BCUT2D eigenvalue weighted by Gasteiger charge is 2.23. The first-order valence-corrected chi connectivity index (χ1v) is 4.61. The Kier molecular flexibility index (Phi) is 1.93. The molecule has 0 bridgehead atoms. The van der Waals surface area contributed by atoms with Gasteiger partial charge in [0.1, 0.15) is 6.17 Å². The maximum Gasteiger partial charge on any atom is 0.101 e. The maximum absolute atomic E-state index is 3.42. The summed E-state index contributed by atoms with van der Waals surface area (Å²) in [6.45, 7) is 3.35. The van der Waals surface area contributed by atoms with Gasteiger partial charge in [0.15, 0.2) is 0 Å². The molecule has 2 heterocycles. The van der Waals surface area contributed by atoms with Crippen molar-refractivity contribution >= 4 is 0 Å². The summed E-state index contributed by atoms with van der Waals surface area (Å²) < 4.78 is 0. The maximum atomic E-state index is 3.42. The summed E-state index contributed by atoms with van der Waals surface area (Å²) in [6.07, 6.45) is 7.45. The lowest BCUT2D eigenvalue weighted by atomic mass is 9.97. The van der Waals surface area contributed by atoms with Crippen LogP contribution in [-0.4, -0.2) is 24.7 Å². The lowest BCUT2D eigenvalue weighted by Crippen LogP contribution is -2.47. The zero-order valence-electron chi connectivity index (χ0n) is 7.80. The van der Waals surface area contributed by atoms with Crippen molar-refractivity contribution in [2.75, 3.05) is 13.6 Å². The van der Waals surface area contributed by atoms with Gasteiger partial charge in [-0.25, -0.2) is 0 Å². The molecule has 1 N–H and O–H groups in total. The smallest absolute Gasteiger partial charge is 0.101 e. The number of allylic oxidation sites excluding steroid dienone is 2. The molecule has 0 saturated carbocycles. The van der Waals surface area contributed by atoms with Crippen molar-refractivity contribution in [1.29, 1.82) is 0 Å². The zero-order valence-corrected chi connectivity index (χ0v) is 7.80. The fraction of sp³-hybridized carbons (Fsp3) is 0.600. The number of hydrogen-bond donors (Lipinski definition) is 1. The van der Waals surface area contributed by atoms with Gasteiger partial charge in [-0.1, -0.05) is 6.08 Å². The van der Waals surface area contributed by atoms with E-state index in [4.69, 9.17) is 0 Å². The predicted octanol–water partition coefficient (Wildman–Crippen LogP) is 1.47. The Morgan fingerprint density at radius 2 is 2.42 bits per heavy atom. The molecule has 2 heteroatoms. The molecule has 0 aromatic heterocycles. The van der Waals surface area contributed by atoms with Crippen LogP contribution in [0, 0.1) is 0 Å². The molecule has 0 aromatic carbocycles. The van der Waals surface area contributed by atoms with Crippen molar-refractivity contribution in [3.05, 3.63) is 23.4 Å². The van der Waals surface area contributed by atoms with Gasteiger partial charge in [0.25, 0.3) is 0 Å². The third-order valence-corrected chi connectivity index (χ3v) is 2.65. The van der Waals surface area contributed by atoms with E-state index < -0.39 is 0 Å². The largest absolute Gasteiger partial charge is 0.372 e. The average molecular weight is 164 g/mol. The van der Waals surface area contributed by atoms with E-state index in [1.54, 1.807) is 5.57 Å². The third-order valence-electron chi connectivity index (χ3n) is 2.65. The summed E-state index contributed by atoms with van der Waals surface area (Å²) in [6, 6.07) is 0. The second kappa shape index (κ2) is 2.94.